The molecule has 1 aromatic rings. The Kier molecular flexibility index (Phi) is 0.945. The predicted molar refractivity (Wildman–Crippen MR) is 38.4 cm³/mol. The van der Waals surface area contributed by atoms with Crippen molar-refractivity contribution in [2.75, 3.05) is 0 Å². The molecule has 0 fully saturated rings. The molecule has 0 radical (unpaired) electrons. The molecule has 0 saturated carbocycles. The van der Waals surface area contributed by atoms with Gasteiger partial charge in [0.15, 0.2) is 0 Å². The second kappa shape index (κ2) is 2.34. The van der Waals surface area contributed by atoms with Crippen LogP contribution in [0.5, 0.6) is 5.75 Å². The number of rotatable bonds is 0. The number of halogens is 1. The van der Waals surface area contributed by atoms with Gasteiger partial charge in [0.25, 0.3) is 5.56 Å². The molecule has 0 bridgehead atoms. The number of hydrogen-bond acceptors (Lipinski definition) is 2. The van der Waals surface area contributed by atoms with E-state index in [0.717, 1.165) is 12.3 Å². The molecule has 1 N–H and O–H groups in total. The lowest BCUT2D eigenvalue weighted by atomic mass is 10.4. The van der Waals surface area contributed by atoms with Gasteiger partial charge in [0.1, 0.15) is 5.75 Å². The maximum atomic E-state index is 11.0. The molecule has 0 spiro atoms. The first-order valence-corrected chi connectivity index (χ1v) is 2.82. The van der Waals surface area contributed by atoms with Crippen molar-refractivity contribution >= 4 is 11.6 Å². The molecule has 0 saturated heterocycles. The zero-order chi connectivity index (χ0) is 10.2. The van der Waals surface area contributed by atoms with Gasteiger partial charge in [-0.2, -0.15) is 0 Å². The first-order valence-electron chi connectivity index (χ1n) is 3.94. The molecule has 3 nitrogen and oxygen atoms in total. The molecule has 0 unspecified atom stereocenters. The van der Waals surface area contributed by atoms with E-state index in [1.807, 2.05) is 0 Å². The smallest absolute Gasteiger partial charge is 0.254 e. The lowest BCUT2D eigenvalue weighted by Crippen LogP contribution is -2.13. The van der Waals surface area contributed by atoms with Crippen molar-refractivity contribution in [1.29, 1.82) is 0 Å². The van der Waals surface area contributed by atoms with E-state index in [9.17, 15) is 4.79 Å². The van der Waals surface area contributed by atoms with E-state index in [1.165, 1.54) is 0 Å². The molecule has 0 aliphatic heterocycles. The molecule has 0 aliphatic rings. The second-order valence-electron chi connectivity index (χ2n) is 1.71. The maximum Gasteiger partial charge on any atom is 0.254 e. The number of aryl methyl sites for hydroxylation is 1. The number of pyridine rings is 1. The van der Waals surface area contributed by atoms with Gasteiger partial charge in [0, 0.05) is 23.4 Å². The fourth-order valence-corrected chi connectivity index (χ4v) is 0.651. The molecular weight excluding hydrogens is 154 g/mol. The molecule has 1 aromatic heterocycles. The van der Waals surface area contributed by atoms with Crippen molar-refractivity contribution in [2.45, 2.75) is 0 Å². The van der Waals surface area contributed by atoms with Crippen LogP contribution < -0.4 is 5.56 Å². The van der Waals surface area contributed by atoms with Crippen LogP contribution in [-0.2, 0) is 6.98 Å². The normalized spacial score (nSPS) is 15.5. The SMILES string of the molecule is [2H]C([2H])([2H])n1cc(Cl)c(O)cc1=O. The number of aromatic nitrogens is 1. The largest absolute Gasteiger partial charge is 0.506 e. The zero-order valence-corrected chi connectivity index (χ0v) is 5.59. The van der Waals surface area contributed by atoms with E-state index in [-0.39, 0.29) is 5.02 Å². The Balaban J connectivity index is 3.41. The Bertz CT molecular complexity index is 384. The van der Waals surface area contributed by atoms with E-state index >= 15 is 0 Å². The third-order valence-corrected chi connectivity index (χ3v) is 1.28. The predicted octanol–water partition coefficient (Wildman–Crippen LogP) is 0.744. The average molecular weight is 163 g/mol. The van der Waals surface area contributed by atoms with Gasteiger partial charge >= 0.3 is 0 Å². The molecule has 0 atom stereocenters. The highest BCUT2D eigenvalue weighted by Gasteiger charge is 1.98. The lowest BCUT2D eigenvalue weighted by Gasteiger charge is -1.97. The summed E-state index contributed by atoms with van der Waals surface area (Å²) >= 11 is 5.43. The first-order chi connectivity index (χ1) is 5.82. The summed E-state index contributed by atoms with van der Waals surface area (Å²) in [5.74, 6) is -0.424. The Morgan fingerprint density at radius 2 is 2.60 bits per heavy atom. The van der Waals surface area contributed by atoms with Crippen molar-refractivity contribution in [1.82, 2.24) is 4.57 Å². The van der Waals surface area contributed by atoms with Crippen LogP contribution in [0.1, 0.15) is 4.11 Å². The topological polar surface area (TPSA) is 42.2 Å². The Hall–Kier alpha value is -0.960. The fraction of sp³-hybridized carbons (Fsp3) is 0.167. The lowest BCUT2D eigenvalue weighted by molar-refractivity contribution is 0.472. The molecule has 0 amide bonds. The highest BCUT2D eigenvalue weighted by atomic mass is 35.5. The van der Waals surface area contributed by atoms with Crippen molar-refractivity contribution in [3.63, 3.8) is 0 Å². The average Bonchev–Trinajstić information content (AvgIpc) is 1.94. The molecule has 10 heavy (non-hydrogen) atoms. The van der Waals surface area contributed by atoms with Crippen molar-refractivity contribution < 1.29 is 9.22 Å². The van der Waals surface area contributed by atoms with Gasteiger partial charge in [0.2, 0.25) is 0 Å². The summed E-state index contributed by atoms with van der Waals surface area (Å²) in [7, 11) is 0. The molecule has 0 aromatic carbocycles. The molecular formula is C6H6ClNO2. The summed E-state index contributed by atoms with van der Waals surface area (Å²) < 4.78 is 21.3. The molecule has 1 rings (SSSR count). The first kappa shape index (κ1) is 4.03. The Morgan fingerprint density at radius 3 is 3.20 bits per heavy atom. The number of aromatic hydroxyl groups is 1. The van der Waals surface area contributed by atoms with Gasteiger partial charge < -0.3 is 9.67 Å². The van der Waals surface area contributed by atoms with Crippen molar-refractivity contribution in [2.24, 2.45) is 6.98 Å². The monoisotopic (exact) mass is 162 g/mol. The van der Waals surface area contributed by atoms with Crippen molar-refractivity contribution in [3.05, 3.63) is 27.6 Å². The van der Waals surface area contributed by atoms with Gasteiger partial charge in [-0.25, -0.2) is 0 Å². The van der Waals surface area contributed by atoms with Crippen LogP contribution in [0.2, 0.25) is 5.02 Å². The van der Waals surface area contributed by atoms with E-state index in [4.69, 9.17) is 20.8 Å². The van der Waals surface area contributed by atoms with E-state index in [1.54, 1.807) is 0 Å². The molecule has 4 heteroatoms. The molecule has 54 valence electrons. The fourth-order valence-electron chi connectivity index (χ4n) is 0.499. The van der Waals surface area contributed by atoms with Crippen LogP contribution in [0, 0.1) is 0 Å². The maximum absolute atomic E-state index is 11.0. The summed E-state index contributed by atoms with van der Waals surface area (Å²) in [5.41, 5.74) is -0.818. The standard InChI is InChI=1S/C6H6ClNO2/c1-8-3-4(7)5(9)2-6(8)10/h2-3,9H,1H3/i1D3. The van der Waals surface area contributed by atoms with Crippen LogP contribution in [0.3, 0.4) is 0 Å². The van der Waals surface area contributed by atoms with Crippen LogP contribution in [0.15, 0.2) is 17.1 Å². The van der Waals surface area contributed by atoms with E-state index in [2.05, 4.69) is 0 Å². The number of hydrogen-bond donors (Lipinski definition) is 1. The van der Waals surface area contributed by atoms with E-state index < -0.39 is 18.3 Å². The minimum absolute atomic E-state index is 0.171. The van der Waals surface area contributed by atoms with Crippen molar-refractivity contribution in [3.8, 4) is 5.75 Å². The summed E-state index contributed by atoms with van der Waals surface area (Å²) in [6, 6.07) is 0.759. The van der Waals surface area contributed by atoms with E-state index in [0.29, 0.717) is 4.57 Å². The van der Waals surface area contributed by atoms with Gasteiger partial charge in [-0.3, -0.25) is 4.79 Å². The van der Waals surface area contributed by atoms with Gasteiger partial charge in [-0.15, -0.1) is 0 Å². The third kappa shape index (κ3) is 1.14. The molecule has 1 heterocycles. The number of nitrogens with zero attached hydrogens (tertiary/aromatic N) is 1. The summed E-state index contributed by atoms with van der Waals surface area (Å²) in [6.45, 7) is -2.57. The third-order valence-electron chi connectivity index (χ3n) is 0.985. The summed E-state index contributed by atoms with van der Waals surface area (Å²) in [5, 5.41) is 8.79. The highest BCUT2D eigenvalue weighted by Crippen LogP contribution is 2.18. The molecule has 0 aliphatic carbocycles. The summed E-state index contributed by atoms with van der Waals surface area (Å²) in [6.07, 6.45) is 0.881. The minimum Gasteiger partial charge on any atom is -0.506 e. The van der Waals surface area contributed by atoms with Gasteiger partial charge in [-0.1, -0.05) is 11.6 Å². The van der Waals surface area contributed by atoms with Crippen LogP contribution in [0.25, 0.3) is 0 Å². The van der Waals surface area contributed by atoms with Crippen LogP contribution in [-0.4, -0.2) is 9.67 Å². The Morgan fingerprint density at radius 1 is 1.90 bits per heavy atom. The minimum atomic E-state index is -2.57. The zero-order valence-electron chi connectivity index (χ0n) is 7.84. The van der Waals surface area contributed by atoms with Gasteiger partial charge in [0.05, 0.1) is 5.02 Å². The second-order valence-corrected chi connectivity index (χ2v) is 2.12. The summed E-state index contributed by atoms with van der Waals surface area (Å²) in [4.78, 5) is 11.0. The van der Waals surface area contributed by atoms with Gasteiger partial charge in [-0.05, 0) is 0 Å². The Labute approximate surface area is 66.7 Å². The highest BCUT2D eigenvalue weighted by molar-refractivity contribution is 6.31. The van der Waals surface area contributed by atoms with Crippen LogP contribution >= 0.6 is 11.6 Å². The quantitative estimate of drug-likeness (QED) is 0.612. The van der Waals surface area contributed by atoms with Crippen LogP contribution in [0.4, 0.5) is 0 Å².